The van der Waals surface area contributed by atoms with Crippen molar-refractivity contribution in [1.29, 1.82) is 0 Å². The summed E-state index contributed by atoms with van der Waals surface area (Å²) in [6.45, 7) is 5.48. The Labute approximate surface area is 179 Å². The van der Waals surface area contributed by atoms with Crippen molar-refractivity contribution in [2.75, 3.05) is 26.3 Å². The second kappa shape index (κ2) is 7.83. The molecule has 0 saturated carbocycles. The van der Waals surface area contributed by atoms with Gasteiger partial charge in [-0.15, -0.1) is 0 Å². The zero-order chi connectivity index (χ0) is 21.5. The lowest BCUT2D eigenvalue weighted by atomic mass is 9.99. The van der Waals surface area contributed by atoms with E-state index < -0.39 is 0 Å². The topological polar surface area (TPSA) is 80.7 Å². The highest BCUT2D eigenvalue weighted by Gasteiger charge is 2.25. The number of phenols is 1. The molecule has 0 radical (unpaired) electrons. The minimum absolute atomic E-state index is 0.192. The number of ether oxygens (including phenoxy) is 1. The maximum absolute atomic E-state index is 13.5. The van der Waals surface area contributed by atoms with Crippen molar-refractivity contribution in [3.05, 3.63) is 59.1 Å². The average molecular weight is 419 g/mol. The molecule has 31 heavy (non-hydrogen) atoms. The predicted octanol–water partition coefficient (Wildman–Crippen LogP) is 3.65. The van der Waals surface area contributed by atoms with Crippen LogP contribution in [0.2, 0.25) is 0 Å². The van der Waals surface area contributed by atoms with Gasteiger partial charge < -0.3 is 18.8 Å². The monoisotopic (exact) mass is 419 g/mol. The number of fused-ring (bicyclic) bond motifs is 2. The minimum Gasteiger partial charge on any atom is -0.507 e. The number of phenolic OH excluding ortho intramolecular Hbond substituents is 1. The molecule has 5 rings (SSSR count). The van der Waals surface area contributed by atoms with Crippen molar-refractivity contribution in [2.45, 2.75) is 19.9 Å². The van der Waals surface area contributed by atoms with Gasteiger partial charge in [0.25, 0.3) is 0 Å². The van der Waals surface area contributed by atoms with Crippen LogP contribution in [0.1, 0.15) is 34.2 Å². The first-order chi connectivity index (χ1) is 15.1. The summed E-state index contributed by atoms with van der Waals surface area (Å²) in [4.78, 5) is 20.2. The lowest BCUT2D eigenvalue weighted by molar-refractivity contribution is 0.0339. The van der Waals surface area contributed by atoms with Gasteiger partial charge >= 0.3 is 0 Å². The van der Waals surface area contributed by atoms with E-state index in [1.807, 2.05) is 48.9 Å². The Hall–Kier alpha value is -3.16. The molecule has 1 aliphatic rings. The number of aromatic hydroxyl groups is 1. The molecule has 7 nitrogen and oxygen atoms in total. The minimum atomic E-state index is -0.192. The molecular weight excluding hydrogens is 394 g/mol. The lowest BCUT2D eigenvalue weighted by Gasteiger charge is -2.27. The van der Waals surface area contributed by atoms with Crippen molar-refractivity contribution in [3.8, 4) is 5.75 Å². The molecule has 4 aromatic rings. The number of imidazole rings is 1. The number of rotatable bonds is 5. The van der Waals surface area contributed by atoms with Gasteiger partial charge in [-0.2, -0.15) is 0 Å². The van der Waals surface area contributed by atoms with Crippen LogP contribution in [0.15, 0.2) is 41.0 Å². The van der Waals surface area contributed by atoms with Crippen LogP contribution in [-0.4, -0.2) is 51.6 Å². The zero-order valence-corrected chi connectivity index (χ0v) is 17.7. The van der Waals surface area contributed by atoms with E-state index in [0.717, 1.165) is 40.6 Å². The Balaban J connectivity index is 1.62. The van der Waals surface area contributed by atoms with Crippen molar-refractivity contribution >= 4 is 27.8 Å². The van der Waals surface area contributed by atoms with Crippen molar-refractivity contribution < 1.29 is 19.1 Å². The van der Waals surface area contributed by atoms with E-state index in [1.54, 1.807) is 0 Å². The Morgan fingerprint density at radius 3 is 2.74 bits per heavy atom. The van der Waals surface area contributed by atoms with E-state index in [0.29, 0.717) is 43.2 Å². The fraction of sp³-hybridized carbons (Fsp3) is 0.333. The van der Waals surface area contributed by atoms with Gasteiger partial charge in [0, 0.05) is 32.1 Å². The molecule has 0 unspecified atom stereocenters. The van der Waals surface area contributed by atoms with Crippen LogP contribution in [0.5, 0.6) is 5.75 Å². The van der Waals surface area contributed by atoms with Crippen LogP contribution in [-0.2, 0) is 24.8 Å². The standard InChI is InChI=1S/C24H25N3O4/c1-3-15-12-16-18(22(29)24-25-19-6-4-5-7-20(19)26(24)2)14-31-23(16)17(21(15)28)13-27-8-10-30-11-9-27/h4-7,12,14,28H,3,8-11,13H2,1-2H3. The molecule has 0 atom stereocenters. The molecule has 0 spiro atoms. The molecule has 0 amide bonds. The Morgan fingerprint density at radius 1 is 1.23 bits per heavy atom. The highest BCUT2D eigenvalue weighted by atomic mass is 16.5. The number of hydrogen-bond acceptors (Lipinski definition) is 6. The zero-order valence-electron chi connectivity index (χ0n) is 17.7. The van der Waals surface area contributed by atoms with Crippen molar-refractivity contribution in [3.63, 3.8) is 0 Å². The highest BCUT2D eigenvalue weighted by molar-refractivity contribution is 6.15. The van der Waals surface area contributed by atoms with Gasteiger partial charge in [-0.05, 0) is 30.2 Å². The summed E-state index contributed by atoms with van der Waals surface area (Å²) in [5.74, 6) is 0.421. The number of para-hydroxylation sites is 2. The number of carbonyl (C=O) groups excluding carboxylic acids is 1. The van der Waals surface area contributed by atoms with E-state index in [9.17, 15) is 9.90 Å². The molecule has 2 aromatic carbocycles. The average Bonchev–Trinajstić information content (AvgIpc) is 3.37. The summed E-state index contributed by atoms with van der Waals surface area (Å²) in [5, 5.41) is 11.6. The molecule has 0 bridgehead atoms. The van der Waals surface area contributed by atoms with Gasteiger partial charge in [-0.1, -0.05) is 19.1 Å². The molecule has 2 aromatic heterocycles. The SMILES string of the molecule is CCc1cc2c(C(=O)c3nc4ccccc4n3C)coc2c(CN2CCOCC2)c1O. The molecule has 160 valence electrons. The van der Waals surface area contributed by atoms with Crippen LogP contribution in [0.4, 0.5) is 0 Å². The quantitative estimate of drug-likeness (QED) is 0.498. The van der Waals surface area contributed by atoms with Gasteiger partial charge in [-0.3, -0.25) is 9.69 Å². The van der Waals surface area contributed by atoms with Gasteiger partial charge in [0.1, 0.15) is 17.6 Å². The normalized spacial score (nSPS) is 15.2. The third-order valence-corrected chi connectivity index (χ3v) is 6.11. The lowest BCUT2D eigenvalue weighted by Crippen LogP contribution is -2.35. The summed E-state index contributed by atoms with van der Waals surface area (Å²) in [7, 11) is 1.85. The number of hydrogen-bond donors (Lipinski definition) is 1. The van der Waals surface area contributed by atoms with Crippen LogP contribution in [0.25, 0.3) is 22.0 Å². The largest absolute Gasteiger partial charge is 0.507 e. The summed E-state index contributed by atoms with van der Waals surface area (Å²) < 4.78 is 13.1. The maximum Gasteiger partial charge on any atom is 0.232 e. The summed E-state index contributed by atoms with van der Waals surface area (Å²) >= 11 is 0. The molecule has 3 heterocycles. The fourth-order valence-electron chi connectivity index (χ4n) is 4.33. The number of aryl methyl sites for hydroxylation is 2. The number of carbonyl (C=O) groups is 1. The van der Waals surface area contributed by atoms with Gasteiger partial charge in [0.05, 0.1) is 35.4 Å². The van der Waals surface area contributed by atoms with E-state index in [1.165, 1.54) is 6.26 Å². The van der Waals surface area contributed by atoms with Crippen LogP contribution in [0.3, 0.4) is 0 Å². The first kappa shape index (κ1) is 19.8. The van der Waals surface area contributed by atoms with E-state index in [4.69, 9.17) is 9.15 Å². The third-order valence-electron chi connectivity index (χ3n) is 6.11. The summed E-state index contributed by atoms with van der Waals surface area (Å²) in [5.41, 5.74) is 4.23. The number of ketones is 1. The van der Waals surface area contributed by atoms with Gasteiger partial charge in [0.2, 0.25) is 5.78 Å². The number of nitrogens with zero attached hydrogens (tertiary/aromatic N) is 3. The Kier molecular flexibility index (Phi) is 5.00. The molecule has 1 fully saturated rings. The Bertz CT molecular complexity index is 1280. The highest BCUT2D eigenvalue weighted by Crippen LogP contribution is 2.36. The van der Waals surface area contributed by atoms with E-state index >= 15 is 0 Å². The molecular formula is C24H25N3O4. The second-order valence-corrected chi connectivity index (χ2v) is 7.94. The smallest absolute Gasteiger partial charge is 0.232 e. The fourth-order valence-corrected chi connectivity index (χ4v) is 4.33. The number of morpholine rings is 1. The summed E-state index contributed by atoms with van der Waals surface area (Å²) in [6.07, 6.45) is 2.15. The van der Waals surface area contributed by atoms with Gasteiger partial charge in [0.15, 0.2) is 5.82 Å². The van der Waals surface area contributed by atoms with Crippen LogP contribution < -0.4 is 0 Å². The van der Waals surface area contributed by atoms with Crippen LogP contribution >= 0.6 is 0 Å². The van der Waals surface area contributed by atoms with E-state index in [-0.39, 0.29) is 11.5 Å². The second-order valence-electron chi connectivity index (χ2n) is 7.94. The van der Waals surface area contributed by atoms with Crippen LogP contribution in [0, 0.1) is 0 Å². The Morgan fingerprint density at radius 2 is 2.00 bits per heavy atom. The number of aromatic nitrogens is 2. The molecule has 1 aliphatic heterocycles. The first-order valence-corrected chi connectivity index (χ1v) is 10.6. The first-order valence-electron chi connectivity index (χ1n) is 10.6. The van der Waals surface area contributed by atoms with Crippen molar-refractivity contribution in [2.24, 2.45) is 7.05 Å². The number of furan rings is 1. The number of benzene rings is 2. The molecule has 1 saturated heterocycles. The summed E-state index contributed by atoms with van der Waals surface area (Å²) in [6, 6.07) is 9.55. The molecule has 7 heteroatoms. The van der Waals surface area contributed by atoms with Gasteiger partial charge in [-0.25, -0.2) is 4.98 Å². The third kappa shape index (κ3) is 3.30. The molecule has 1 N–H and O–H groups in total. The maximum atomic E-state index is 13.5. The van der Waals surface area contributed by atoms with E-state index in [2.05, 4.69) is 9.88 Å². The molecule has 0 aliphatic carbocycles. The van der Waals surface area contributed by atoms with Crippen molar-refractivity contribution in [1.82, 2.24) is 14.5 Å². The predicted molar refractivity (Wildman–Crippen MR) is 117 cm³/mol.